The van der Waals surface area contributed by atoms with Crippen molar-refractivity contribution in [3.63, 3.8) is 0 Å². The third-order valence-corrected chi connectivity index (χ3v) is 9.23. The second-order valence-corrected chi connectivity index (χ2v) is 11.9. The van der Waals surface area contributed by atoms with Crippen LogP contribution in [0.15, 0.2) is 18.3 Å². The molecule has 2 fully saturated rings. The first-order valence-corrected chi connectivity index (χ1v) is 13.9. The van der Waals surface area contributed by atoms with Crippen molar-refractivity contribution >= 4 is 62.5 Å². The molecule has 1 saturated heterocycles. The molecule has 4 heterocycles. The van der Waals surface area contributed by atoms with Crippen LogP contribution in [0.5, 0.6) is 0 Å². The second kappa shape index (κ2) is 9.11. The summed E-state index contributed by atoms with van der Waals surface area (Å²) in [5.41, 5.74) is 1.94. The van der Waals surface area contributed by atoms with E-state index in [1.807, 2.05) is 13.8 Å². The van der Waals surface area contributed by atoms with Crippen molar-refractivity contribution in [1.29, 1.82) is 5.41 Å². The molecule has 4 unspecified atom stereocenters. The van der Waals surface area contributed by atoms with Crippen LogP contribution >= 0.6 is 34.5 Å². The molecule has 2 aliphatic carbocycles. The van der Waals surface area contributed by atoms with Gasteiger partial charge in [-0.3, -0.25) is 4.79 Å². The molecule has 3 aromatic rings. The number of allylic oxidation sites excluding steroid dienone is 2. The average Bonchev–Trinajstić information content (AvgIpc) is 3.65. The minimum absolute atomic E-state index is 0.00536. The SMILES string of the molecule is CC(C)NC(=O)C1C2C=CC(C2)C1C(=N)c1c(Cl)cnc2nc(-c3sc(N4CCCC4)nc3Cl)[nH]c12. The maximum Gasteiger partial charge on any atom is 0.224 e. The van der Waals surface area contributed by atoms with Gasteiger partial charge < -0.3 is 20.6 Å². The van der Waals surface area contributed by atoms with Crippen LogP contribution in [0.1, 0.15) is 38.7 Å². The van der Waals surface area contributed by atoms with Crippen molar-refractivity contribution in [2.45, 2.75) is 39.2 Å². The zero-order chi connectivity index (χ0) is 25.1. The summed E-state index contributed by atoms with van der Waals surface area (Å²) in [5.74, 6) is 0.259. The Balaban J connectivity index is 1.38. The summed E-state index contributed by atoms with van der Waals surface area (Å²) < 4.78 is 0. The summed E-state index contributed by atoms with van der Waals surface area (Å²) in [7, 11) is 0. The quantitative estimate of drug-likeness (QED) is 0.288. The molecule has 36 heavy (non-hydrogen) atoms. The van der Waals surface area contributed by atoms with Gasteiger partial charge in [-0.15, -0.1) is 0 Å². The van der Waals surface area contributed by atoms with Crippen LogP contribution in [0.2, 0.25) is 10.2 Å². The van der Waals surface area contributed by atoms with Gasteiger partial charge >= 0.3 is 0 Å². The van der Waals surface area contributed by atoms with Crippen LogP contribution in [0.4, 0.5) is 5.13 Å². The Morgan fingerprint density at radius 2 is 1.92 bits per heavy atom. The maximum atomic E-state index is 13.1. The minimum Gasteiger partial charge on any atom is -0.354 e. The minimum atomic E-state index is -0.296. The van der Waals surface area contributed by atoms with E-state index in [0.717, 1.165) is 42.4 Å². The lowest BCUT2D eigenvalue weighted by Gasteiger charge is -2.29. The van der Waals surface area contributed by atoms with E-state index in [1.165, 1.54) is 17.5 Å². The number of pyridine rings is 1. The number of rotatable bonds is 6. The molecule has 1 aliphatic heterocycles. The number of nitrogens with one attached hydrogen (secondary N) is 3. The van der Waals surface area contributed by atoms with Gasteiger partial charge in [-0.05, 0) is 44.9 Å². The third kappa shape index (κ3) is 3.92. The van der Waals surface area contributed by atoms with Gasteiger partial charge in [0, 0.05) is 42.5 Å². The zero-order valence-electron chi connectivity index (χ0n) is 20.0. The number of hydrogen-bond donors (Lipinski definition) is 3. The lowest BCUT2D eigenvalue weighted by atomic mass is 9.77. The van der Waals surface area contributed by atoms with Gasteiger partial charge in [-0.2, -0.15) is 0 Å². The van der Waals surface area contributed by atoms with Crippen molar-refractivity contribution in [2.24, 2.45) is 23.7 Å². The molecule has 3 aliphatic rings. The van der Waals surface area contributed by atoms with Crippen molar-refractivity contribution in [1.82, 2.24) is 25.3 Å². The number of imidazole rings is 1. The highest BCUT2D eigenvalue weighted by atomic mass is 35.5. The predicted octanol–water partition coefficient (Wildman–Crippen LogP) is 5.32. The van der Waals surface area contributed by atoms with E-state index in [2.05, 4.69) is 42.3 Å². The Morgan fingerprint density at radius 1 is 1.19 bits per heavy atom. The van der Waals surface area contributed by atoms with Crippen molar-refractivity contribution in [3.05, 3.63) is 34.1 Å². The Morgan fingerprint density at radius 3 is 2.64 bits per heavy atom. The summed E-state index contributed by atoms with van der Waals surface area (Å²) in [6.45, 7) is 5.86. The largest absolute Gasteiger partial charge is 0.354 e. The first kappa shape index (κ1) is 23.9. The highest BCUT2D eigenvalue weighted by molar-refractivity contribution is 7.19. The number of nitrogens with zero attached hydrogens (tertiary/aromatic N) is 4. The first-order chi connectivity index (χ1) is 17.3. The van der Waals surface area contributed by atoms with Crippen LogP contribution in [0.3, 0.4) is 0 Å². The normalized spacial score (nSPS) is 25.0. The summed E-state index contributed by atoms with van der Waals surface area (Å²) in [6, 6.07) is 0.0384. The van der Waals surface area contributed by atoms with Gasteiger partial charge in [0.2, 0.25) is 5.91 Å². The van der Waals surface area contributed by atoms with Crippen LogP contribution in [0, 0.1) is 29.1 Å². The molecule has 4 atom stereocenters. The Labute approximate surface area is 223 Å². The molecule has 0 spiro atoms. The number of carbonyl (C=O) groups is 1. The van der Waals surface area contributed by atoms with Crippen LogP contribution < -0.4 is 10.2 Å². The Hall–Kier alpha value is -2.49. The van der Waals surface area contributed by atoms with E-state index in [9.17, 15) is 10.2 Å². The van der Waals surface area contributed by atoms with E-state index in [4.69, 9.17) is 23.2 Å². The van der Waals surface area contributed by atoms with E-state index < -0.39 is 0 Å². The number of H-pyrrole nitrogens is 1. The van der Waals surface area contributed by atoms with Gasteiger partial charge in [-0.25, -0.2) is 15.0 Å². The summed E-state index contributed by atoms with van der Waals surface area (Å²) >= 11 is 14.7. The molecular formula is C25H27Cl2N7OS. The van der Waals surface area contributed by atoms with E-state index >= 15 is 0 Å². The fourth-order valence-corrected chi connectivity index (χ4v) is 7.44. The molecular weight excluding hydrogens is 517 g/mol. The highest BCUT2D eigenvalue weighted by Gasteiger charge is 2.50. The Kier molecular flexibility index (Phi) is 6.05. The van der Waals surface area contributed by atoms with Crippen molar-refractivity contribution < 1.29 is 4.79 Å². The molecule has 11 heteroatoms. The van der Waals surface area contributed by atoms with Gasteiger partial charge in [0.05, 0.1) is 16.5 Å². The standard InChI is InChI=1S/C25H27Cl2N7OS/c1-11(2)30-24(35)16-13-6-5-12(9-13)15(16)18(28)17-14(26)10-29-22-19(17)31-23(33-22)20-21(27)32-25(36-20)34-7-3-4-8-34/h5-6,10-13,15-16,28H,3-4,7-9H2,1-2H3,(H,30,35)(H,29,31,33). The van der Waals surface area contributed by atoms with Crippen molar-refractivity contribution in [2.75, 3.05) is 18.0 Å². The first-order valence-electron chi connectivity index (χ1n) is 12.3. The van der Waals surface area contributed by atoms with Crippen LogP contribution in [0.25, 0.3) is 21.9 Å². The van der Waals surface area contributed by atoms with Gasteiger partial charge in [0.15, 0.2) is 21.8 Å². The number of fused-ring (bicyclic) bond motifs is 3. The number of carbonyl (C=O) groups excluding carboxylic acids is 1. The topological polar surface area (TPSA) is 111 Å². The fraction of sp³-hybridized carbons (Fsp3) is 0.480. The van der Waals surface area contributed by atoms with E-state index in [0.29, 0.717) is 38.4 Å². The fourth-order valence-electron chi connectivity index (χ4n) is 5.91. The second-order valence-electron chi connectivity index (χ2n) is 10.2. The summed E-state index contributed by atoms with van der Waals surface area (Å²) in [5, 5.41) is 14.0. The summed E-state index contributed by atoms with van der Waals surface area (Å²) in [4.78, 5) is 33.1. The number of hydrogen-bond acceptors (Lipinski definition) is 7. The molecule has 1 amide bonds. The van der Waals surface area contributed by atoms with E-state index in [-0.39, 0.29) is 35.6 Å². The molecule has 0 radical (unpaired) electrons. The third-order valence-electron chi connectivity index (χ3n) is 7.44. The average molecular weight is 545 g/mol. The molecule has 6 rings (SSSR count). The number of amides is 1. The monoisotopic (exact) mass is 543 g/mol. The van der Waals surface area contributed by atoms with Gasteiger partial charge in [0.1, 0.15) is 4.88 Å². The van der Waals surface area contributed by atoms with Crippen molar-refractivity contribution in [3.8, 4) is 10.7 Å². The highest BCUT2D eigenvalue weighted by Crippen LogP contribution is 2.50. The lowest BCUT2D eigenvalue weighted by molar-refractivity contribution is -0.126. The zero-order valence-corrected chi connectivity index (χ0v) is 22.3. The number of aromatic amines is 1. The maximum absolute atomic E-state index is 13.1. The predicted molar refractivity (Wildman–Crippen MR) is 144 cm³/mol. The number of anilines is 1. The van der Waals surface area contributed by atoms with Gasteiger partial charge in [-0.1, -0.05) is 46.7 Å². The summed E-state index contributed by atoms with van der Waals surface area (Å²) in [6.07, 6.45) is 8.98. The molecule has 0 aromatic carbocycles. The van der Waals surface area contributed by atoms with Gasteiger partial charge in [0.25, 0.3) is 0 Å². The molecule has 2 bridgehead atoms. The molecule has 1 saturated carbocycles. The number of halogens is 2. The smallest absolute Gasteiger partial charge is 0.224 e. The number of thiazole rings is 1. The van der Waals surface area contributed by atoms with Crippen LogP contribution in [-0.2, 0) is 4.79 Å². The molecule has 188 valence electrons. The van der Waals surface area contributed by atoms with Crippen LogP contribution in [-0.4, -0.2) is 50.7 Å². The van der Waals surface area contributed by atoms with E-state index in [1.54, 1.807) is 0 Å². The molecule has 3 aromatic heterocycles. The lowest BCUT2D eigenvalue weighted by Crippen LogP contribution is -2.42. The molecule has 8 nitrogen and oxygen atoms in total. The number of aromatic nitrogens is 4. The molecule has 3 N–H and O–H groups in total. The Bertz CT molecular complexity index is 1390.